The van der Waals surface area contributed by atoms with Gasteiger partial charge in [0.15, 0.2) is 0 Å². The molecule has 1 amide bonds. The van der Waals surface area contributed by atoms with E-state index in [0.717, 1.165) is 70.3 Å². The normalized spacial score (nSPS) is 47.6. The number of esters is 1. The van der Waals surface area contributed by atoms with Gasteiger partial charge < -0.3 is 14.4 Å². The van der Waals surface area contributed by atoms with Crippen LogP contribution in [0.1, 0.15) is 125 Å². The number of hydrogen-bond donors (Lipinski definition) is 0. The predicted molar refractivity (Wildman–Crippen MR) is 157 cm³/mol. The zero-order chi connectivity index (χ0) is 28.4. The molecule has 3 saturated carbocycles. The maximum Gasteiger partial charge on any atom is 0.306 e. The van der Waals surface area contributed by atoms with Gasteiger partial charge in [0.2, 0.25) is 5.91 Å². The summed E-state index contributed by atoms with van der Waals surface area (Å²) < 4.78 is 13.1. The lowest BCUT2D eigenvalue weighted by atomic mass is 9.46. The maximum atomic E-state index is 12.8. The smallest absolute Gasteiger partial charge is 0.306 e. The van der Waals surface area contributed by atoms with Crippen molar-refractivity contribution < 1.29 is 19.1 Å². The van der Waals surface area contributed by atoms with Crippen molar-refractivity contribution >= 4 is 11.9 Å². The zero-order valence-corrected chi connectivity index (χ0v) is 26.2. The summed E-state index contributed by atoms with van der Waals surface area (Å²) in [6, 6.07) is 0. The summed E-state index contributed by atoms with van der Waals surface area (Å²) >= 11 is 0. The monoisotopic (exact) mass is 553 g/mol. The molecule has 0 N–H and O–H groups in total. The number of amides is 1. The van der Waals surface area contributed by atoms with Crippen LogP contribution >= 0.6 is 0 Å². The van der Waals surface area contributed by atoms with Gasteiger partial charge in [-0.15, -0.1) is 0 Å². The Bertz CT molecular complexity index is 1040. The Morgan fingerprint density at radius 1 is 1.07 bits per heavy atom. The highest BCUT2D eigenvalue weighted by Crippen LogP contribution is 2.70. The molecule has 2 saturated heterocycles. The molecule has 0 aromatic rings. The molecule has 0 radical (unpaired) electrons. The molecule has 4 aliphatic carbocycles. The van der Waals surface area contributed by atoms with Gasteiger partial charge in [0, 0.05) is 32.2 Å². The first-order valence-electron chi connectivity index (χ1n) is 16.9. The number of hydrogen-bond acceptors (Lipinski definition) is 4. The highest BCUT2D eigenvalue weighted by Gasteiger charge is 2.69. The molecule has 6 rings (SSSR count). The molecule has 6 aliphatic rings. The van der Waals surface area contributed by atoms with Crippen LogP contribution in [0.5, 0.6) is 0 Å². The van der Waals surface area contributed by atoms with Gasteiger partial charge in [0.05, 0.1) is 6.10 Å². The summed E-state index contributed by atoms with van der Waals surface area (Å²) in [5.41, 5.74) is 1.71. The number of likely N-dealkylation sites (tertiary alicyclic amines) is 1. The van der Waals surface area contributed by atoms with Crippen LogP contribution in [0.3, 0.4) is 0 Å². The SMILES string of the molecule is CCCCCC(=O)O[C@@H]1CC[C@@]2(C)C(=CC[C@@H]3[C@@H]4C[C@@H]5O[C@]6(CC[C@H](C)CN6C(C)=O)[C@H](C)[C@@H]5[C@@]4(C)CC[C@@H]32)C1. The van der Waals surface area contributed by atoms with Gasteiger partial charge in [-0.1, -0.05) is 59.1 Å². The number of fused-ring (bicyclic) bond motifs is 7. The molecule has 2 heterocycles. The van der Waals surface area contributed by atoms with Gasteiger partial charge in [0.25, 0.3) is 0 Å². The first-order chi connectivity index (χ1) is 19.0. The van der Waals surface area contributed by atoms with Gasteiger partial charge in [0.1, 0.15) is 11.8 Å². The van der Waals surface area contributed by atoms with Crippen molar-refractivity contribution in [1.29, 1.82) is 0 Å². The largest absolute Gasteiger partial charge is 0.462 e. The van der Waals surface area contributed by atoms with Crippen LogP contribution in [0.25, 0.3) is 0 Å². The molecule has 0 aromatic heterocycles. The van der Waals surface area contributed by atoms with Gasteiger partial charge in [-0.2, -0.15) is 0 Å². The van der Waals surface area contributed by atoms with Gasteiger partial charge >= 0.3 is 5.97 Å². The van der Waals surface area contributed by atoms with Crippen LogP contribution in [-0.2, 0) is 19.1 Å². The fraction of sp³-hybridized carbons (Fsp3) is 0.886. The van der Waals surface area contributed by atoms with E-state index < -0.39 is 5.72 Å². The number of allylic oxidation sites excluding steroid dienone is 1. The number of unbranched alkanes of at least 4 members (excludes halogenated alkanes) is 2. The van der Waals surface area contributed by atoms with E-state index in [4.69, 9.17) is 9.47 Å². The van der Waals surface area contributed by atoms with E-state index in [1.165, 1.54) is 19.3 Å². The molecular formula is C35H55NO4. The van der Waals surface area contributed by atoms with Crippen LogP contribution in [0.2, 0.25) is 0 Å². The predicted octanol–water partition coefficient (Wildman–Crippen LogP) is 7.68. The van der Waals surface area contributed by atoms with Gasteiger partial charge in [-0.25, -0.2) is 0 Å². The van der Waals surface area contributed by atoms with Crippen LogP contribution in [0.4, 0.5) is 0 Å². The Labute approximate surface area is 243 Å². The second-order valence-electron chi connectivity index (χ2n) is 15.4. The topological polar surface area (TPSA) is 55.8 Å². The molecule has 0 bridgehead atoms. The highest BCUT2D eigenvalue weighted by atomic mass is 16.5. The van der Waals surface area contributed by atoms with Crippen molar-refractivity contribution in [2.45, 2.75) is 143 Å². The lowest BCUT2D eigenvalue weighted by Gasteiger charge is -2.59. The van der Waals surface area contributed by atoms with Crippen molar-refractivity contribution in [3.63, 3.8) is 0 Å². The first-order valence-corrected chi connectivity index (χ1v) is 16.9. The molecule has 5 nitrogen and oxygen atoms in total. The van der Waals surface area contributed by atoms with E-state index in [-0.39, 0.29) is 34.9 Å². The standard InChI is InChI=1S/C35H55NO4/c1-7-8-9-10-31(38)39-26-14-16-33(5)25(19-26)11-12-27-28(33)15-17-34(6)29(27)20-30-32(34)23(3)35(40-30)18-13-22(2)21-36(35)24(4)37/h11,22-23,26-30,32H,7-10,12-21H2,1-6H3/t22-,23+,26+,27-,28-,29-,30-,32-,33-,34-,35+/m0/s1. The maximum absolute atomic E-state index is 12.8. The van der Waals surface area contributed by atoms with Crippen molar-refractivity contribution in [2.75, 3.05) is 6.54 Å². The number of nitrogens with zero attached hydrogens (tertiary/aromatic N) is 1. The van der Waals surface area contributed by atoms with E-state index in [1.54, 1.807) is 12.5 Å². The number of ether oxygens (including phenoxy) is 2. The van der Waals surface area contributed by atoms with Crippen LogP contribution in [0.15, 0.2) is 11.6 Å². The molecular weight excluding hydrogens is 498 g/mol. The summed E-state index contributed by atoms with van der Waals surface area (Å²) in [6.07, 6.45) is 16.8. The summed E-state index contributed by atoms with van der Waals surface area (Å²) in [6.45, 7) is 14.6. The summed E-state index contributed by atoms with van der Waals surface area (Å²) in [7, 11) is 0. The second-order valence-corrected chi connectivity index (χ2v) is 15.4. The zero-order valence-electron chi connectivity index (χ0n) is 26.2. The fourth-order valence-corrected chi connectivity index (χ4v) is 11.3. The molecule has 1 spiro atoms. The molecule has 5 heteroatoms. The van der Waals surface area contributed by atoms with Crippen molar-refractivity contribution in [2.24, 2.45) is 46.3 Å². The average molecular weight is 554 g/mol. The Morgan fingerprint density at radius 2 is 1.88 bits per heavy atom. The van der Waals surface area contributed by atoms with Gasteiger partial charge in [-0.3, -0.25) is 9.59 Å². The number of rotatable bonds is 5. The van der Waals surface area contributed by atoms with E-state index in [2.05, 4.69) is 45.6 Å². The van der Waals surface area contributed by atoms with E-state index in [0.29, 0.717) is 36.0 Å². The molecule has 2 aliphatic heterocycles. The highest BCUT2D eigenvalue weighted by molar-refractivity contribution is 5.74. The van der Waals surface area contributed by atoms with E-state index >= 15 is 0 Å². The van der Waals surface area contributed by atoms with Crippen LogP contribution < -0.4 is 0 Å². The number of piperidine rings is 1. The van der Waals surface area contributed by atoms with Crippen molar-refractivity contribution in [1.82, 2.24) is 4.90 Å². The molecule has 11 atom stereocenters. The number of carbonyl (C=O) groups excluding carboxylic acids is 2. The third-order valence-electron chi connectivity index (χ3n) is 13.4. The molecule has 0 unspecified atom stereocenters. The van der Waals surface area contributed by atoms with Gasteiger partial charge in [-0.05, 0) is 98.2 Å². The van der Waals surface area contributed by atoms with Crippen molar-refractivity contribution in [3.8, 4) is 0 Å². The fourth-order valence-electron chi connectivity index (χ4n) is 11.3. The minimum Gasteiger partial charge on any atom is -0.462 e. The van der Waals surface area contributed by atoms with Crippen molar-refractivity contribution in [3.05, 3.63) is 11.6 Å². The molecule has 224 valence electrons. The van der Waals surface area contributed by atoms with E-state index in [1.807, 2.05) is 0 Å². The lowest BCUT2D eigenvalue weighted by Crippen LogP contribution is -2.60. The Morgan fingerprint density at radius 3 is 2.62 bits per heavy atom. The summed E-state index contributed by atoms with van der Waals surface area (Å²) in [5, 5.41) is 0. The summed E-state index contributed by atoms with van der Waals surface area (Å²) in [4.78, 5) is 27.4. The van der Waals surface area contributed by atoms with E-state index in [9.17, 15) is 9.59 Å². The third kappa shape index (κ3) is 4.33. The first kappa shape index (κ1) is 28.7. The Kier molecular flexibility index (Phi) is 7.49. The summed E-state index contributed by atoms with van der Waals surface area (Å²) in [5.74, 6) is 3.79. The average Bonchev–Trinajstić information content (AvgIpc) is 3.36. The second kappa shape index (κ2) is 10.4. The molecule has 40 heavy (non-hydrogen) atoms. The Balaban J connectivity index is 1.18. The Hall–Kier alpha value is -1.36. The lowest BCUT2D eigenvalue weighted by molar-refractivity contribution is -0.200. The third-order valence-corrected chi connectivity index (χ3v) is 13.4. The molecule has 5 fully saturated rings. The molecule has 0 aromatic carbocycles. The van der Waals surface area contributed by atoms with Crippen LogP contribution in [-0.4, -0.2) is 41.3 Å². The number of carbonyl (C=O) groups is 2. The minimum atomic E-state index is -0.392. The quantitative estimate of drug-likeness (QED) is 0.199. The van der Waals surface area contributed by atoms with Crippen LogP contribution in [0, 0.1) is 46.3 Å². The minimum absolute atomic E-state index is 0.00456.